The van der Waals surface area contributed by atoms with Crippen molar-refractivity contribution in [3.05, 3.63) is 34.1 Å². The average Bonchev–Trinajstić information content (AvgIpc) is 2.42. The lowest BCUT2D eigenvalue weighted by molar-refractivity contribution is -0.135. The van der Waals surface area contributed by atoms with Crippen molar-refractivity contribution in [1.82, 2.24) is 10.2 Å². The number of benzene rings is 1. The van der Waals surface area contributed by atoms with E-state index in [1.165, 1.54) is 6.07 Å². The number of rotatable bonds is 3. The second-order valence-corrected chi connectivity index (χ2v) is 6.42. The number of hydrogen-bond donors (Lipinski definition) is 1. The van der Waals surface area contributed by atoms with Crippen LogP contribution in [0.2, 0.25) is 0 Å². The number of hydrogen-bond acceptors (Lipinski definition) is 2. The van der Waals surface area contributed by atoms with Gasteiger partial charge in [0.15, 0.2) is 0 Å². The van der Waals surface area contributed by atoms with Crippen molar-refractivity contribution in [3.63, 3.8) is 0 Å². The van der Waals surface area contributed by atoms with Gasteiger partial charge in [-0.25, -0.2) is 4.39 Å². The molecule has 1 aromatic rings. The standard InChI is InChI=1S/C15H20BrFN2O.ClH/c1-10-7-11(5-6-18-10)15(20)19(2)9-12-8-13(16)3-4-14(12)17;/h3-4,8,10-11,18H,5-7,9H2,1-2H3;1H/t10-,11-;/m0./s1. The van der Waals surface area contributed by atoms with Crippen molar-refractivity contribution in [3.8, 4) is 0 Å². The molecule has 6 heteroatoms. The zero-order chi connectivity index (χ0) is 14.7. The topological polar surface area (TPSA) is 32.3 Å². The summed E-state index contributed by atoms with van der Waals surface area (Å²) >= 11 is 3.33. The third kappa shape index (κ3) is 4.94. The van der Waals surface area contributed by atoms with Crippen LogP contribution in [0.3, 0.4) is 0 Å². The molecule has 0 saturated carbocycles. The number of amides is 1. The van der Waals surface area contributed by atoms with Crippen LogP contribution in [0.1, 0.15) is 25.3 Å². The fourth-order valence-electron chi connectivity index (χ4n) is 2.67. The lowest BCUT2D eigenvalue weighted by atomic mass is 9.92. The van der Waals surface area contributed by atoms with Crippen molar-refractivity contribution < 1.29 is 9.18 Å². The smallest absolute Gasteiger partial charge is 0.225 e. The fourth-order valence-corrected chi connectivity index (χ4v) is 3.07. The summed E-state index contributed by atoms with van der Waals surface area (Å²) in [6.45, 7) is 3.27. The predicted molar refractivity (Wildman–Crippen MR) is 88.0 cm³/mol. The summed E-state index contributed by atoms with van der Waals surface area (Å²) in [6, 6.07) is 5.18. The van der Waals surface area contributed by atoms with Gasteiger partial charge in [-0.3, -0.25) is 4.79 Å². The maximum Gasteiger partial charge on any atom is 0.225 e. The summed E-state index contributed by atoms with van der Waals surface area (Å²) in [7, 11) is 1.75. The highest BCUT2D eigenvalue weighted by Crippen LogP contribution is 2.21. The van der Waals surface area contributed by atoms with E-state index in [-0.39, 0.29) is 30.0 Å². The van der Waals surface area contributed by atoms with Crippen LogP contribution >= 0.6 is 28.3 Å². The Morgan fingerprint density at radius 3 is 2.90 bits per heavy atom. The first kappa shape index (κ1) is 18.4. The van der Waals surface area contributed by atoms with E-state index in [1.807, 2.05) is 0 Å². The van der Waals surface area contributed by atoms with Crippen LogP contribution in [0.5, 0.6) is 0 Å². The van der Waals surface area contributed by atoms with Crippen molar-refractivity contribution in [1.29, 1.82) is 0 Å². The molecule has 0 radical (unpaired) electrons. The van der Waals surface area contributed by atoms with Crippen LogP contribution in [0.15, 0.2) is 22.7 Å². The van der Waals surface area contributed by atoms with E-state index in [4.69, 9.17) is 0 Å². The van der Waals surface area contributed by atoms with Crippen LogP contribution in [0.4, 0.5) is 4.39 Å². The van der Waals surface area contributed by atoms with E-state index in [0.717, 1.165) is 23.9 Å². The Hall–Kier alpha value is -0.650. The molecule has 0 aromatic heterocycles. The second-order valence-electron chi connectivity index (χ2n) is 5.51. The van der Waals surface area contributed by atoms with E-state index >= 15 is 0 Å². The second kappa shape index (κ2) is 8.11. The Labute approximate surface area is 139 Å². The lowest BCUT2D eigenvalue weighted by Gasteiger charge is -2.30. The zero-order valence-corrected chi connectivity index (χ0v) is 14.6. The van der Waals surface area contributed by atoms with Gasteiger partial charge in [-0.15, -0.1) is 12.4 Å². The highest BCUT2D eigenvalue weighted by molar-refractivity contribution is 9.10. The molecular weight excluding hydrogens is 359 g/mol. The molecule has 1 saturated heterocycles. The van der Waals surface area contributed by atoms with Crippen LogP contribution in [-0.2, 0) is 11.3 Å². The van der Waals surface area contributed by atoms with Crippen LogP contribution in [0, 0.1) is 11.7 Å². The number of piperidine rings is 1. The molecule has 118 valence electrons. The van der Waals surface area contributed by atoms with Gasteiger partial charge in [0.05, 0.1) is 0 Å². The quantitative estimate of drug-likeness (QED) is 0.873. The lowest BCUT2D eigenvalue weighted by Crippen LogP contribution is -2.42. The highest BCUT2D eigenvalue weighted by atomic mass is 79.9. The summed E-state index contributed by atoms with van der Waals surface area (Å²) in [6.07, 6.45) is 1.71. The first-order chi connectivity index (χ1) is 9.47. The Morgan fingerprint density at radius 2 is 2.24 bits per heavy atom. The number of halogens is 3. The van der Waals surface area contributed by atoms with E-state index in [0.29, 0.717) is 18.2 Å². The van der Waals surface area contributed by atoms with Gasteiger partial charge in [0.2, 0.25) is 5.91 Å². The largest absolute Gasteiger partial charge is 0.341 e. The molecule has 1 aromatic carbocycles. The van der Waals surface area contributed by atoms with Crippen LogP contribution < -0.4 is 5.32 Å². The molecule has 2 rings (SSSR count). The molecule has 1 fully saturated rings. The molecule has 0 unspecified atom stereocenters. The zero-order valence-electron chi connectivity index (χ0n) is 12.2. The summed E-state index contributed by atoms with van der Waals surface area (Å²) < 4.78 is 14.6. The highest BCUT2D eigenvalue weighted by Gasteiger charge is 2.27. The van der Waals surface area contributed by atoms with Gasteiger partial charge >= 0.3 is 0 Å². The maximum absolute atomic E-state index is 13.7. The molecule has 1 N–H and O–H groups in total. The monoisotopic (exact) mass is 378 g/mol. The van der Waals surface area contributed by atoms with Gasteiger partial charge < -0.3 is 10.2 Å². The third-order valence-electron chi connectivity index (χ3n) is 3.76. The minimum atomic E-state index is -0.272. The van der Waals surface area contributed by atoms with Gasteiger partial charge in [-0.1, -0.05) is 15.9 Å². The van der Waals surface area contributed by atoms with E-state index in [1.54, 1.807) is 24.1 Å². The normalized spacial score (nSPS) is 21.5. The third-order valence-corrected chi connectivity index (χ3v) is 4.26. The van der Waals surface area contributed by atoms with Crippen molar-refractivity contribution >= 4 is 34.2 Å². The minimum Gasteiger partial charge on any atom is -0.341 e. The van der Waals surface area contributed by atoms with E-state index < -0.39 is 0 Å². The summed E-state index contributed by atoms with van der Waals surface area (Å²) in [4.78, 5) is 14.0. The molecule has 2 atom stereocenters. The molecule has 1 heterocycles. The Kier molecular flexibility index (Phi) is 7.10. The van der Waals surface area contributed by atoms with Gasteiger partial charge in [0.1, 0.15) is 5.82 Å². The molecule has 3 nitrogen and oxygen atoms in total. The Morgan fingerprint density at radius 1 is 1.52 bits per heavy atom. The van der Waals surface area contributed by atoms with Crippen molar-refractivity contribution in [2.75, 3.05) is 13.6 Å². The van der Waals surface area contributed by atoms with Crippen molar-refractivity contribution in [2.45, 2.75) is 32.4 Å². The molecule has 21 heavy (non-hydrogen) atoms. The van der Waals surface area contributed by atoms with E-state index in [9.17, 15) is 9.18 Å². The predicted octanol–water partition coefficient (Wildman–Crippen LogP) is 3.36. The molecular formula is C15H21BrClFN2O. The number of nitrogens with zero attached hydrogens (tertiary/aromatic N) is 1. The Balaban J connectivity index is 0.00000220. The molecule has 0 spiro atoms. The first-order valence-corrected chi connectivity index (χ1v) is 7.69. The fraction of sp³-hybridized carbons (Fsp3) is 0.533. The van der Waals surface area contributed by atoms with Gasteiger partial charge in [-0.2, -0.15) is 0 Å². The van der Waals surface area contributed by atoms with Gasteiger partial charge in [0, 0.05) is 35.6 Å². The molecule has 1 aliphatic heterocycles. The number of carbonyl (C=O) groups excluding carboxylic acids is 1. The van der Waals surface area contributed by atoms with Crippen LogP contribution in [-0.4, -0.2) is 30.4 Å². The van der Waals surface area contributed by atoms with Crippen molar-refractivity contribution in [2.24, 2.45) is 5.92 Å². The SMILES string of the molecule is C[C@H]1C[C@@H](C(=O)N(C)Cc2cc(Br)ccc2F)CCN1.Cl. The van der Waals surface area contributed by atoms with Gasteiger partial charge in [-0.05, 0) is 44.5 Å². The molecule has 0 aliphatic carbocycles. The number of nitrogens with one attached hydrogen (secondary N) is 1. The average molecular weight is 380 g/mol. The summed E-state index contributed by atoms with van der Waals surface area (Å²) in [5.74, 6) is -0.115. The summed E-state index contributed by atoms with van der Waals surface area (Å²) in [5.41, 5.74) is 0.539. The molecule has 1 amide bonds. The molecule has 1 aliphatic rings. The van der Waals surface area contributed by atoms with Gasteiger partial charge in [0.25, 0.3) is 0 Å². The maximum atomic E-state index is 13.7. The number of carbonyl (C=O) groups is 1. The minimum absolute atomic E-state index is 0. The van der Waals surface area contributed by atoms with E-state index in [2.05, 4.69) is 28.2 Å². The first-order valence-electron chi connectivity index (χ1n) is 6.89. The summed E-state index contributed by atoms with van der Waals surface area (Å²) in [5, 5.41) is 3.34. The Bertz CT molecular complexity index is 501. The van der Waals surface area contributed by atoms with Crippen LogP contribution in [0.25, 0.3) is 0 Å². The molecule has 0 bridgehead atoms.